The molecular weight excluding hydrogens is 639 g/mol. The molecule has 10 aromatic rings. The van der Waals surface area contributed by atoms with Crippen molar-refractivity contribution >= 4 is 60.7 Å². The van der Waals surface area contributed by atoms with E-state index in [0.717, 1.165) is 84.5 Å². The molecule has 5 nitrogen and oxygen atoms in total. The van der Waals surface area contributed by atoms with Gasteiger partial charge in [-0.3, -0.25) is 0 Å². The fraction of sp³-hybridized carbons (Fsp3) is 0.0426. The molecule has 7 aromatic carbocycles. The number of nitrogens with zero attached hydrogens (tertiary/aromatic N) is 3. The van der Waals surface area contributed by atoms with Gasteiger partial charge in [0.15, 0.2) is 17.5 Å². The number of aryl methyl sites for hydroxylation is 1. The van der Waals surface area contributed by atoms with E-state index in [2.05, 4.69) is 103 Å². The van der Waals surface area contributed by atoms with Gasteiger partial charge in [0.1, 0.15) is 22.3 Å². The van der Waals surface area contributed by atoms with Crippen LogP contribution >= 0.6 is 0 Å². The molecule has 3 heterocycles. The summed E-state index contributed by atoms with van der Waals surface area (Å²) in [7, 11) is 0. The zero-order valence-electron chi connectivity index (χ0n) is 28.0. The third-order valence-electron chi connectivity index (χ3n) is 10.4. The van der Waals surface area contributed by atoms with Crippen molar-refractivity contribution in [1.29, 1.82) is 0 Å². The molecule has 5 heteroatoms. The Kier molecular flexibility index (Phi) is 6.31. The van der Waals surface area contributed by atoms with E-state index in [1.54, 1.807) is 0 Å². The molecule has 0 fully saturated rings. The molecule has 0 spiro atoms. The normalized spacial score (nSPS) is 12.8. The van der Waals surface area contributed by atoms with Gasteiger partial charge >= 0.3 is 0 Å². The van der Waals surface area contributed by atoms with Gasteiger partial charge in [0.05, 0.1) is 0 Å². The van der Waals surface area contributed by atoms with Gasteiger partial charge in [-0.1, -0.05) is 115 Å². The fourth-order valence-electron chi connectivity index (χ4n) is 8.03. The van der Waals surface area contributed by atoms with Crippen LogP contribution in [0.4, 0.5) is 0 Å². The smallest absolute Gasteiger partial charge is 0.165 e. The fourth-order valence-corrected chi connectivity index (χ4v) is 8.03. The van der Waals surface area contributed by atoms with E-state index < -0.39 is 0 Å². The van der Waals surface area contributed by atoms with E-state index in [1.165, 1.54) is 21.9 Å². The van der Waals surface area contributed by atoms with Gasteiger partial charge in [-0.05, 0) is 82.3 Å². The summed E-state index contributed by atoms with van der Waals surface area (Å²) < 4.78 is 12.8. The summed E-state index contributed by atoms with van der Waals surface area (Å²) in [6.07, 6.45) is 6.60. The van der Waals surface area contributed by atoms with E-state index in [1.807, 2.05) is 48.5 Å². The number of hydrogen-bond acceptors (Lipinski definition) is 5. The second-order valence-corrected chi connectivity index (χ2v) is 13.4. The van der Waals surface area contributed by atoms with Gasteiger partial charge in [-0.15, -0.1) is 0 Å². The van der Waals surface area contributed by atoms with Crippen molar-refractivity contribution in [2.45, 2.75) is 12.8 Å². The molecule has 0 unspecified atom stereocenters. The first-order valence-electron chi connectivity index (χ1n) is 17.7. The van der Waals surface area contributed by atoms with Gasteiger partial charge < -0.3 is 8.83 Å². The Labute approximate surface area is 298 Å². The molecule has 0 atom stereocenters. The third kappa shape index (κ3) is 4.46. The number of allylic oxidation sites excluding steroid dienone is 1. The molecule has 52 heavy (non-hydrogen) atoms. The average molecular weight is 668 g/mol. The topological polar surface area (TPSA) is 65.0 Å². The highest BCUT2D eigenvalue weighted by atomic mass is 16.3. The van der Waals surface area contributed by atoms with Crippen LogP contribution in [0, 0.1) is 0 Å². The molecule has 244 valence electrons. The van der Waals surface area contributed by atoms with Gasteiger partial charge in [-0.2, -0.15) is 0 Å². The highest BCUT2D eigenvalue weighted by molar-refractivity contribution is 6.19. The lowest BCUT2D eigenvalue weighted by molar-refractivity contribution is 0.669. The van der Waals surface area contributed by atoms with E-state index in [-0.39, 0.29) is 0 Å². The Morgan fingerprint density at radius 3 is 1.98 bits per heavy atom. The average Bonchev–Trinajstić information content (AvgIpc) is 3.79. The Bertz CT molecular complexity index is 3080. The van der Waals surface area contributed by atoms with Crippen LogP contribution in [0.3, 0.4) is 0 Å². The molecule has 0 amide bonds. The van der Waals surface area contributed by atoms with Crippen LogP contribution in [0.25, 0.3) is 106 Å². The van der Waals surface area contributed by atoms with Crippen LogP contribution in [0.5, 0.6) is 0 Å². The van der Waals surface area contributed by atoms with E-state index >= 15 is 0 Å². The van der Waals surface area contributed by atoms with Crippen LogP contribution < -0.4 is 0 Å². The number of fused-ring (bicyclic) bond motifs is 9. The van der Waals surface area contributed by atoms with Gasteiger partial charge in [0, 0.05) is 38.2 Å². The second kappa shape index (κ2) is 11.3. The predicted molar refractivity (Wildman–Crippen MR) is 211 cm³/mol. The van der Waals surface area contributed by atoms with Crippen LogP contribution in [0.1, 0.15) is 17.5 Å². The summed E-state index contributed by atoms with van der Waals surface area (Å²) in [5, 5.41) is 6.54. The molecule has 0 saturated heterocycles. The number of furan rings is 2. The Balaban J connectivity index is 1.23. The van der Waals surface area contributed by atoms with E-state index in [4.69, 9.17) is 23.8 Å². The summed E-state index contributed by atoms with van der Waals surface area (Å²) in [5.74, 6) is 1.81. The number of para-hydroxylation sites is 2. The number of benzene rings is 7. The maximum Gasteiger partial charge on any atom is 0.165 e. The molecular formula is C47H29N3O2. The molecule has 0 saturated carbocycles. The van der Waals surface area contributed by atoms with Crippen molar-refractivity contribution in [2.75, 3.05) is 0 Å². The van der Waals surface area contributed by atoms with Crippen molar-refractivity contribution in [3.05, 3.63) is 157 Å². The standard InChI is InChI=1S/C47H29N3O2/c1-2-12-29(13-3-1)45-48-46(31-23-24-33-30(27-31)22-21-28-11-4-5-14-32(28)33)50-47(49-45)44-35(25-26-41-43(44)37-16-7-9-19-39(37)52-41)34-17-10-20-40-42(34)36-15-6-8-18-38(36)51-40/h1-4,6-13,15-27H,5,14H2. The number of hydrogen-bond donors (Lipinski definition) is 0. The molecule has 11 rings (SSSR count). The molecule has 0 radical (unpaired) electrons. The van der Waals surface area contributed by atoms with Gasteiger partial charge in [-0.25, -0.2) is 15.0 Å². The quantitative estimate of drug-likeness (QED) is 0.187. The lowest BCUT2D eigenvalue weighted by atomic mass is 9.91. The number of rotatable bonds is 4. The second-order valence-electron chi connectivity index (χ2n) is 13.4. The molecule has 0 N–H and O–H groups in total. The molecule has 0 bridgehead atoms. The van der Waals surface area contributed by atoms with Gasteiger partial charge in [0.2, 0.25) is 0 Å². The summed E-state index contributed by atoms with van der Waals surface area (Å²) >= 11 is 0. The number of aromatic nitrogens is 3. The van der Waals surface area contributed by atoms with Crippen molar-refractivity contribution in [2.24, 2.45) is 0 Å². The van der Waals surface area contributed by atoms with Crippen molar-refractivity contribution in [1.82, 2.24) is 15.0 Å². The Morgan fingerprint density at radius 2 is 1.15 bits per heavy atom. The molecule has 1 aliphatic carbocycles. The first-order chi connectivity index (χ1) is 25.8. The van der Waals surface area contributed by atoms with Crippen molar-refractivity contribution in [3.8, 4) is 45.3 Å². The highest BCUT2D eigenvalue weighted by Crippen LogP contribution is 2.46. The minimum Gasteiger partial charge on any atom is -0.456 e. The zero-order valence-corrected chi connectivity index (χ0v) is 28.0. The monoisotopic (exact) mass is 667 g/mol. The molecule has 3 aromatic heterocycles. The lowest BCUT2D eigenvalue weighted by Gasteiger charge is -2.15. The SMILES string of the molecule is C1=Cc2ccc3cc(-c4nc(-c5ccccc5)nc(-c5c(-c6cccc7oc8ccccc8c67)ccc6oc7ccccc7c56)n4)ccc3c2CC1. The first-order valence-corrected chi connectivity index (χ1v) is 17.7. The van der Waals surface area contributed by atoms with Gasteiger partial charge in [0.25, 0.3) is 0 Å². The van der Waals surface area contributed by atoms with Crippen molar-refractivity contribution in [3.63, 3.8) is 0 Å². The third-order valence-corrected chi connectivity index (χ3v) is 10.4. The first kappa shape index (κ1) is 28.9. The minimum atomic E-state index is 0.580. The summed E-state index contributed by atoms with van der Waals surface area (Å²) in [5.41, 5.74) is 10.7. The van der Waals surface area contributed by atoms with E-state index in [9.17, 15) is 0 Å². The zero-order chi connectivity index (χ0) is 34.2. The van der Waals surface area contributed by atoms with Crippen LogP contribution in [-0.4, -0.2) is 15.0 Å². The Hall–Kier alpha value is -6.85. The minimum absolute atomic E-state index is 0.580. The van der Waals surface area contributed by atoms with Crippen LogP contribution in [0.2, 0.25) is 0 Å². The predicted octanol–water partition coefficient (Wildman–Crippen LogP) is 12.5. The van der Waals surface area contributed by atoms with Crippen molar-refractivity contribution < 1.29 is 8.83 Å². The highest BCUT2D eigenvalue weighted by Gasteiger charge is 2.24. The largest absolute Gasteiger partial charge is 0.456 e. The molecule has 1 aliphatic rings. The summed E-state index contributed by atoms with van der Waals surface area (Å²) in [4.78, 5) is 15.8. The van der Waals surface area contributed by atoms with E-state index in [0.29, 0.717) is 17.5 Å². The van der Waals surface area contributed by atoms with Crippen LogP contribution in [0.15, 0.2) is 154 Å². The Morgan fingerprint density at radius 1 is 0.462 bits per heavy atom. The maximum absolute atomic E-state index is 6.48. The molecule has 0 aliphatic heterocycles. The summed E-state index contributed by atoms with van der Waals surface area (Å²) in [6, 6.07) is 48.0. The maximum atomic E-state index is 6.48. The lowest BCUT2D eigenvalue weighted by Crippen LogP contribution is -2.02. The summed E-state index contributed by atoms with van der Waals surface area (Å²) in [6.45, 7) is 0. The van der Waals surface area contributed by atoms with Crippen LogP contribution in [-0.2, 0) is 6.42 Å².